The van der Waals surface area contributed by atoms with Crippen LogP contribution in [-0.2, 0) is 43.2 Å². The first-order chi connectivity index (χ1) is 22.6. The van der Waals surface area contributed by atoms with Gasteiger partial charge < -0.3 is 33.4 Å². The Kier molecular flexibility index (Phi) is 19.3. The van der Waals surface area contributed by atoms with Crippen molar-refractivity contribution in [3.05, 3.63) is 71.8 Å². The summed E-state index contributed by atoms with van der Waals surface area (Å²) in [7, 11) is 5.43. The Labute approximate surface area is 283 Å². The fraction of sp³-hybridized carbons (Fsp3) is 0.545. The minimum atomic E-state index is -2.73. The summed E-state index contributed by atoms with van der Waals surface area (Å²) < 4.78 is 45.7. The number of ether oxygens (including phenoxy) is 5. The number of benzene rings is 2. The van der Waals surface area contributed by atoms with E-state index in [9.17, 15) is 18.0 Å². The number of cyclic esters (lactones) is 1. The molecule has 0 spiro atoms. The van der Waals surface area contributed by atoms with E-state index in [0.29, 0.717) is 31.3 Å². The number of carbonyl (C=O) groups excluding carboxylic acids is 2. The molecular weight excluding hydrogens is 649 g/mol. The van der Waals surface area contributed by atoms with E-state index in [4.69, 9.17) is 23.8 Å². The molecule has 4 saturated heterocycles. The maximum Gasteiger partial charge on any atom is 0.335 e. The Morgan fingerprint density at radius 2 is 1.47 bits per heavy atom. The van der Waals surface area contributed by atoms with E-state index in [2.05, 4.69) is 9.89 Å². The Morgan fingerprint density at radius 1 is 0.851 bits per heavy atom. The van der Waals surface area contributed by atoms with Gasteiger partial charge in [-0.15, -0.1) is 0 Å². The van der Waals surface area contributed by atoms with Gasteiger partial charge in [0.15, 0.2) is 15.9 Å². The number of amides is 1. The van der Waals surface area contributed by atoms with Gasteiger partial charge in [0.1, 0.15) is 12.8 Å². The van der Waals surface area contributed by atoms with Gasteiger partial charge in [-0.05, 0) is 12.8 Å². The van der Waals surface area contributed by atoms with E-state index < -0.39 is 9.84 Å². The summed E-state index contributed by atoms with van der Waals surface area (Å²) >= 11 is 1.39. The van der Waals surface area contributed by atoms with Gasteiger partial charge in [-0.1, -0.05) is 77.6 Å². The van der Waals surface area contributed by atoms with Gasteiger partial charge in [0.05, 0.1) is 36.9 Å². The lowest BCUT2D eigenvalue weighted by atomic mass is 10.0. The van der Waals surface area contributed by atoms with E-state index in [1.165, 1.54) is 18.9 Å². The lowest BCUT2D eigenvalue weighted by Crippen LogP contribution is -2.15. The summed E-state index contributed by atoms with van der Waals surface area (Å²) in [5.74, 6) is 1.25. The molecule has 6 rings (SSSR count). The van der Waals surface area contributed by atoms with Crippen molar-refractivity contribution in [2.24, 2.45) is 5.16 Å². The molecule has 2 aromatic rings. The van der Waals surface area contributed by atoms with Gasteiger partial charge >= 0.3 is 5.97 Å². The monoisotopic (exact) mass is 696 g/mol. The van der Waals surface area contributed by atoms with Crippen molar-refractivity contribution in [3.63, 3.8) is 0 Å². The maximum absolute atomic E-state index is 10.7. The summed E-state index contributed by atoms with van der Waals surface area (Å²) in [4.78, 5) is 27.5. The first-order valence-corrected chi connectivity index (χ1v) is 18.1. The summed E-state index contributed by atoms with van der Waals surface area (Å²) in [6.45, 7) is 3.09. The van der Waals surface area contributed by atoms with Crippen molar-refractivity contribution in [2.75, 3.05) is 79.1 Å². The largest absolute Gasteiger partial charge is 0.464 e. The zero-order chi connectivity index (χ0) is 34.5. The van der Waals surface area contributed by atoms with Gasteiger partial charge in [-0.25, -0.2) is 13.2 Å². The highest BCUT2D eigenvalue weighted by molar-refractivity contribution is 8.13. The lowest BCUT2D eigenvalue weighted by molar-refractivity contribution is -0.145. The molecule has 12 nitrogen and oxygen atoms in total. The molecular formula is C33H48N2O10S2. The summed E-state index contributed by atoms with van der Waals surface area (Å²) in [6.07, 6.45) is 2.47. The number of thioether (sulfide) groups is 1. The van der Waals surface area contributed by atoms with E-state index >= 15 is 0 Å². The molecule has 47 heavy (non-hydrogen) atoms. The highest BCUT2D eigenvalue weighted by Gasteiger charge is 2.27. The number of sulfone groups is 1. The standard InChI is InChI=1S/C14H13NO.C5H10O3S.C5H8O3.C5H10O2.C4H7NOS/c1-16-15-14(12-8-4-2-5-9-12)13-10-6-3-7-11-13;1-8-5-2-3-9(6,7)4-5;1-7-4-2-3-8-5(4)6;1-6-5-2-3-7-4-5;1-5-2-3-7-4(5)6/h2-11H,1H3;5H,2-4H2,1H3;4H,2-3H2,1H3;5H,2-4H2,1H3;2-3H2,1H3. The molecule has 0 N–H and O–H groups in total. The average molecular weight is 697 g/mol. The third kappa shape index (κ3) is 15.6. The zero-order valence-corrected chi connectivity index (χ0v) is 29.5. The van der Waals surface area contributed by atoms with Crippen LogP contribution in [-0.4, -0.2) is 128 Å². The molecule has 0 aliphatic carbocycles. The molecule has 3 atom stereocenters. The molecule has 4 fully saturated rings. The van der Waals surface area contributed by atoms with Crippen molar-refractivity contribution in [1.29, 1.82) is 0 Å². The predicted octanol–water partition coefficient (Wildman–Crippen LogP) is 4.06. The predicted molar refractivity (Wildman–Crippen MR) is 183 cm³/mol. The van der Waals surface area contributed by atoms with Gasteiger partial charge in [0.2, 0.25) is 0 Å². The van der Waals surface area contributed by atoms with Crippen LogP contribution in [0.5, 0.6) is 0 Å². The highest BCUT2D eigenvalue weighted by Crippen LogP contribution is 2.14. The zero-order valence-electron chi connectivity index (χ0n) is 27.9. The van der Waals surface area contributed by atoms with Crippen molar-refractivity contribution < 1.29 is 46.5 Å². The van der Waals surface area contributed by atoms with Crippen LogP contribution in [0.4, 0.5) is 4.79 Å². The van der Waals surface area contributed by atoms with Gasteiger partial charge in [-0.2, -0.15) is 0 Å². The molecule has 4 aliphatic heterocycles. The summed E-state index contributed by atoms with van der Waals surface area (Å²) in [6, 6.07) is 20.0. The van der Waals surface area contributed by atoms with Crippen molar-refractivity contribution in [2.45, 2.75) is 37.6 Å². The maximum atomic E-state index is 10.7. The topological polar surface area (TPSA) is 139 Å². The third-order valence-electron chi connectivity index (χ3n) is 7.16. The van der Waals surface area contributed by atoms with Crippen LogP contribution >= 0.6 is 11.8 Å². The fourth-order valence-corrected chi connectivity index (χ4v) is 6.87. The van der Waals surface area contributed by atoms with Crippen LogP contribution in [0.1, 0.15) is 30.4 Å². The minimum absolute atomic E-state index is 0.0463. The van der Waals surface area contributed by atoms with E-state index in [1.54, 1.807) is 26.2 Å². The molecule has 0 aromatic heterocycles. The van der Waals surface area contributed by atoms with Crippen molar-refractivity contribution in [3.8, 4) is 0 Å². The second kappa shape index (κ2) is 22.5. The number of nitrogens with zero attached hydrogens (tertiary/aromatic N) is 2. The molecule has 4 aliphatic rings. The molecule has 3 unspecified atom stereocenters. The van der Waals surface area contributed by atoms with Gasteiger partial charge in [0.25, 0.3) is 5.24 Å². The first-order valence-electron chi connectivity index (χ1n) is 15.3. The fourth-order valence-electron chi connectivity index (χ4n) is 4.36. The SMILES string of the molecule is CN1CCSC1=O.COC1CCOC1.COC1CCOC1=O.COC1CCS(=O)(=O)C1.CON=C(c1ccccc1)c1ccccc1. The number of hydrogen-bond acceptors (Lipinski definition) is 12. The second-order valence-corrected chi connectivity index (χ2v) is 13.8. The van der Waals surface area contributed by atoms with Gasteiger partial charge in [0, 0.05) is 64.8 Å². The van der Waals surface area contributed by atoms with Gasteiger partial charge in [-0.3, -0.25) is 4.79 Å². The second-order valence-electron chi connectivity index (χ2n) is 10.6. The van der Waals surface area contributed by atoms with Crippen molar-refractivity contribution in [1.82, 2.24) is 4.90 Å². The third-order valence-corrected chi connectivity index (χ3v) is 9.84. The van der Waals surface area contributed by atoms with Crippen LogP contribution in [0.25, 0.3) is 0 Å². The van der Waals surface area contributed by atoms with Crippen LogP contribution in [0.15, 0.2) is 65.8 Å². The Balaban J connectivity index is 0.000000214. The van der Waals surface area contributed by atoms with Crippen molar-refractivity contribution >= 4 is 38.5 Å². The number of carbonyl (C=O) groups is 2. The number of rotatable bonds is 6. The normalized spacial score (nSPS) is 22.1. The highest BCUT2D eigenvalue weighted by atomic mass is 32.2. The van der Waals surface area contributed by atoms with E-state index in [0.717, 1.165) is 48.8 Å². The lowest BCUT2D eigenvalue weighted by Gasteiger charge is -2.05. The smallest absolute Gasteiger partial charge is 0.335 e. The quantitative estimate of drug-likeness (QED) is 0.246. The molecule has 14 heteroatoms. The summed E-state index contributed by atoms with van der Waals surface area (Å²) in [5.41, 5.74) is 2.95. The molecule has 1 amide bonds. The molecule has 0 radical (unpaired) electrons. The molecule has 262 valence electrons. The molecule has 2 aromatic carbocycles. The number of methoxy groups -OCH3 is 3. The van der Waals surface area contributed by atoms with Crippen LogP contribution in [0, 0.1) is 0 Å². The molecule has 0 bridgehead atoms. The minimum Gasteiger partial charge on any atom is -0.464 e. The van der Waals surface area contributed by atoms with E-state index in [1.807, 2.05) is 67.7 Å². The Bertz CT molecular complexity index is 1270. The number of hydrogen-bond donors (Lipinski definition) is 0. The average Bonchev–Trinajstić information content (AvgIpc) is 3.92. The van der Waals surface area contributed by atoms with E-state index in [-0.39, 0.29) is 29.2 Å². The molecule has 0 saturated carbocycles. The summed E-state index contributed by atoms with van der Waals surface area (Å²) in [5, 5.41) is 4.29. The van der Waals surface area contributed by atoms with Crippen LogP contribution in [0.2, 0.25) is 0 Å². The molecule has 4 heterocycles. The number of esters is 1. The van der Waals surface area contributed by atoms with Crippen LogP contribution < -0.4 is 0 Å². The van der Waals surface area contributed by atoms with Crippen LogP contribution in [0.3, 0.4) is 0 Å². The first kappa shape index (κ1) is 40.2. The number of oxime groups is 1. The Morgan fingerprint density at radius 3 is 1.74 bits per heavy atom. The Hall–Kier alpha value is -3.01.